The highest BCUT2D eigenvalue weighted by Crippen LogP contribution is 2.14. The van der Waals surface area contributed by atoms with E-state index in [0.29, 0.717) is 0 Å². The number of esters is 2. The standard InChI is InChI=1S/C24H24O4/c1-15(2)27-23(25)13-21-17-9-5-7-11-19(17)22(14-24(26)28-16(3)4)20-12-8-6-10-18(20)21/h5-16H,1-4H3. The van der Waals surface area contributed by atoms with Crippen LogP contribution in [-0.2, 0) is 19.1 Å². The van der Waals surface area contributed by atoms with Crippen molar-refractivity contribution in [1.29, 1.82) is 0 Å². The van der Waals surface area contributed by atoms with Gasteiger partial charge in [0, 0.05) is 12.2 Å². The van der Waals surface area contributed by atoms with Crippen LogP contribution in [-0.4, -0.2) is 24.1 Å². The summed E-state index contributed by atoms with van der Waals surface area (Å²) in [5, 5.41) is 5.09. The lowest BCUT2D eigenvalue weighted by Gasteiger charge is -2.09. The fourth-order valence-corrected chi connectivity index (χ4v) is 3.28. The maximum atomic E-state index is 12.3. The molecule has 28 heavy (non-hydrogen) atoms. The molecule has 0 radical (unpaired) electrons. The van der Waals surface area contributed by atoms with Crippen molar-refractivity contribution in [1.82, 2.24) is 0 Å². The van der Waals surface area contributed by atoms with Gasteiger partial charge in [0.1, 0.15) is 0 Å². The Hall–Kier alpha value is -3.14. The molecule has 0 fully saturated rings. The topological polar surface area (TPSA) is 52.6 Å². The number of hydrogen-bond acceptors (Lipinski definition) is 4. The van der Waals surface area contributed by atoms with Gasteiger partial charge in [-0.25, -0.2) is 9.59 Å². The van der Waals surface area contributed by atoms with E-state index in [2.05, 4.69) is 0 Å². The van der Waals surface area contributed by atoms with Crippen LogP contribution in [0.15, 0.2) is 48.5 Å². The van der Waals surface area contributed by atoms with Crippen molar-refractivity contribution < 1.29 is 19.1 Å². The maximum absolute atomic E-state index is 12.3. The second-order valence-electron chi connectivity index (χ2n) is 7.18. The lowest BCUT2D eigenvalue weighted by Crippen LogP contribution is -2.20. The van der Waals surface area contributed by atoms with E-state index in [0.717, 1.165) is 32.0 Å². The van der Waals surface area contributed by atoms with Gasteiger partial charge in [-0.15, -0.1) is 0 Å². The third kappa shape index (κ3) is 4.22. The van der Waals surface area contributed by atoms with E-state index in [1.54, 1.807) is 0 Å². The van der Waals surface area contributed by atoms with Crippen molar-refractivity contribution in [2.24, 2.45) is 0 Å². The Bertz CT molecular complexity index is 1000. The molecular weight excluding hydrogens is 352 g/mol. The van der Waals surface area contributed by atoms with Crippen molar-refractivity contribution in [2.45, 2.75) is 39.9 Å². The molecule has 144 valence electrons. The molecule has 0 unspecified atom stereocenters. The second kappa shape index (κ2) is 8.26. The van der Waals surface area contributed by atoms with Crippen LogP contribution >= 0.6 is 0 Å². The first-order valence-corrected chi connectivity index (χ1v) is 9.41. The van der Waals surface area contributed by atoms with Crippen LogP contribution in [0.2, 0.25) is 0 Å². The number of carbonyl (C=O) groups is 2. The predicted molar refractivity (Wildman–Crippen MR) is 112 cm³/mol. The monoisotopic (exact) mass is 376 g/mol. The number of carbonyl (C=O) groups excluding carboxylic acids is 2. The molecule has 0 heterocycles. The molecule has 0 N–H and O–H groups in total. The average Bonchev–Trinajstić information content (AvgIpc) is 2.63. The van der Waals surface area contributed by atoms with Gasteiger partial charge in [0.2, 0.25) is 0 Å². The van der Waals surface area contributed by atoms with Crippen LogP contribution in [0.3, 0.4) is 0 Å². The zero-order valence-corrected chi connectivity index (χ0v) is 16.6. The van der Waals surface area contributed by atoms with Crippen molar-refractivity contribution >= 4 is 45.6 Å². The molecule has 3 rings (SSSR count). The van der Waals surface area contributed by atoms with Crippen LogP contribution in [0.4, 0.5) is 0 Å². The summed E-state index contributed by atoms with van der Waals surface area (Å²) in [6, 6.07) is 15.4. The molecule has 3 aromatic carbocycles. The molecule has 0 saturated carbocycles. The molecule has 0 bridgehead atoms. The first kappa shape index (κ1) is 19.6. The van der Waals surface area contributed by atoms with Crippen LogP contribution in [0.25, 0.3) is 33.7 Å². The molecule has 0 aliphatic carbocycles. The molecule has 0 aliphatic rings. The third-order valence-electron chi connectivity index (χ3n) is 4.24. The summed E-state index contributed by atoms with van der Waals surface area (Å²) < 4.78 is 10.6. The van der Waals surface area contributed by atoms with Crippen molar-refractivity contribution in [3.05, 3.63) is 59.0 Å². The van der Waals surface area contributed by atoms with Gasteiger partial charge in [-0.1, -0.05) is 48.5 Å². The van der Waals surface area contributed by atoms with Crippen LogP contribution in [0, 0.1) is 0 Å². The normalized spacial score (nSPS) is 11.1. The van der Waals surface area contributed by atoms with Gasteiger partial charge >= 0.3 is 11.9 Å². The molecule has 0 spiro atoms. The Balaban J connectivity index is 2.40. The van der Waals surface area contributed by atoms with E-state index < -0.39 is 0 Å². The van der Waals surface area contributed by atoms with Crippen LogP contribution in [0.1, 0.15) is 27.7 Å². The average molecular weight is 376 g/mol. The van der Waals surface area contributed by atoms with Gasteiger partial charge in [0.15, 0.2) is 0 Å². The minimum Gasteiger partial charge on any atom is -0.460 e. The second-order valence-corrected chi connectivity index (χ2v) is 7.18. The lowest BCUT2D eigenvalue weighted by molar-refractivity contribution is -0.140. The minimum absolute atomic E-state index is 0.195. The van der Waals surface area contributed by atoms with Crippen molar-refractivity contribution in [3.63, 3.8) is 0 Å². The molecular formula is C24H24O4. The van der Waals surface area contributed by atoms with Crippen molar-refractivity contribution in [2.75, 3.05) is 0 Å². The van der Waals surface area contributed by atoms with E-state index in [1.165, 1.54) is 12.2 Å². The van der Waals surface area contributed by atoms with Crippen molar-refractivity contribution in [3.8, 4) is 0 Å². The van der Waals surface area contributed by atoms with Gasteiger partial charge in [0.25, 0.3) is 0 Å². The largest absolute Gasteiger partial charge is 0.460 e. The summed E-state index contributed by atoms with van der Waals surface area (Å²) in [5.74, 6) is -0.775. The van der Waals surface area contributed by atoms with E-state index in [1.807, 2.05) is 76.2 Å². The van der Waals surface area contributed by atoms with Gasteiger partial charge in [0.05, 0.1) is 12.2 Å². The van der Waals surface area contributed by atoms with Crippen LogP contribution in [0.5, 0.6) is 0 Å². The number of ether oxygens (including phenoxy) is 2. The molecule has 0 atom stereocenters. The van der Waals surface area contributed by atoms with E-state index in [4.69, 9.17) is 9.47 Å². The zero-order valence-electron chi connectivity index (χ0n) is 16.6. The Morgan fingerprint density at radius 3 is 1.18 bits per heavy atom. The Morgan fingerprint density at radius 1 is 0.643 bits per heavy atom. The molecule has 4 nitrogen and oxygen atoms in total. The van der Waals surface area contributed by atoms with Gasteiger partial charge in [-0.05, 0) is 59.7 Å². The molecule has 0 saturated heterocycles. The Labute approximate surface area is 164 Å². The zero-order chi connectivity index (χ0) is 20.3. The van der Waals surface area contributed by atoms with E-state index in [-0.39, 0.29) is 24.1 Å². The predicted octanol–water partition coefficient (Wildman–Crippen LogP) is 3.46. The number of rotatable bonds is 4. The summed E-state index contributed by atoms with van der Waals surface area (Å²) in [6.07, 6.45) is 2.67. The van der Waals surface area contributed by atoms with Gasteiger partial charge in [-0.3, -0.25) is 0 Å². The fraction of sp³-hybridized carbons (Fsp3) is 0.250. The highest BCUT2D eigenvalue weighted by atomic mass is 16.5. The SMILES string of the molecule is CC(C)OC(=O)C=c1c2ccccc2c(=CC(=O)OC(C)C)c2ccccc12. The molecule has 3 aromatic rings. The number of benzene rings is 3. The minimum atomic E-state index is -0.388. The first-order chi connectivity index (χ1) is 13.4. The number of fused-ring (bicyclic) bond motifs is 2. The van der Waals surface area contributed by atoms with Gasteiger partial charge in [-0.2, -0.15) is 0 Å². The molecule has 0 amide bonds. The van der Waals surface area contributed by atoms with Gasteiger partial charge < -0.3 is 9.47 Å². The Morgan fingerprint density at radius 2 is 0.929 bits per heavy atom. The highest BCUT2D eigenvalue weighted by molar-refractivity contribution is 6.11. The van der Waals surface area contributed by atoms with E-state index in [9.17, 15) is 9.59 Å². The Kier molecular flexibility index (Phi) is 5.78. The first-order valence-electron chi connectivity index (χ1n) is 9.41. The third-order valence-corrected chi connectivity index (χ3v) is 4.24. The van der Waals surface area contributed by atoms with E-state index >= 15 is 0 Å². The summed E-state index contributed by atoms with van der Waals surface area (Å²) in [6.45, 7) is 7.28. The van der Waals surface area contributed by atoms with Crippen LogP contribution < -0.4 is 10.4 Å². The maximum Gasteiger partial charge on any atom is 0.331 e. The molecule has 0 aromatic heterocycles. The number of hydrogen-bond donors (Lipinski definition) is 0. The molecule has 0 aliphatic heterocycles. The highest BCUT2D eigenvalue weighted by Gasteiger charge is 2.10. The quantitative estimate of drug-likeness (QED) is 0.517. The fourth-order valence-electron chi connectivity index (χ4n) is 3.28. The summed E-state index contributed by atoms with van der Waals surface area (Å²) in [7, 11) is 0. The summed E-state index contributed by atoms with van der Waals surface area (Å²) in [4.78, 5) is 24.7. The summed E-state index contributed by atoms with van der Waals surface area (Å²) >= 11 is 0. The lowest BCUT2D eigenvalue weighted by atomic mass is 9.97. The smallest absolute Gasteiger partial charge is 0.331 e. The summed E-state index contributed by atoms with van der Waals surface area (Å²) in [5.41, 5.74) is 0. The molecule has 4 heteroatoms.